The number of aliphatic hydroxyl groups excluding tert-OH is 1. The zero-order chi connectivity index (χ0) is 18.4. The molecule has 0 fully saturated rings. The van der Waals surface area contributed by atoms with Crippen LogP contribution in [0, 0.1) is 10.1 Å². The van der Waals surface area contributed by atoms with Gasteiger partial charge in [0.25, 0.3) is 5.69 Å². The van der Waals surface area contributed by atoms with Crippen LogP contribution in [-0.4, -0.2) is 48.5 Å². The molecular weight excluding hydrogens is 340 g/mol. The van der Waals surface area contributed by atoms with E-state index < -0.39 is 11.0 Å². The Bertz CT molecular complexity index is 737. The van der Waals surface area contributed by atoms with Crippen molar-refractivity contribution in [2.75, 3.05) is 26.3 Å². The first-order chi connectivity index (χ1) is 12.6. The largest absolute Gasteiger partial charge is 0.491 e. The van der Waals surface area contributed by atoms with Crippen molar-refractivity contribution in [1.82, 2.24) is 5.32 Å². The third kappa shape index (κ3) is 4.84. The van der Waals surface area contributed by atoms with Crippen molar-refractivity contribution in [1.29, 1.82) is 0 Å². The summed E-state index contributed by atoms with van der Waals surface area (Å²) in [6.07, 6.45) is -0.852. The zero-order valence-corrected chi connectivity index (χ0v) is 14.0. The molecule has 0 spiro atoms. The number of non-ortho nitro benzene ring substituents is 1. The van der Waals surface area contributed by atoms with Crippen molar-refractivity contribution in [2.45, 2.75) is 12.2 Å². The molecule has 2 aromatic carbocycles. The molecule has 8 heteroatoms. The number of nitrogens with zero attached hydrogens (tertiary/aromatic N) is 1. The monoisotopic (exact) mass is 360 g/mol. The molecule has 8 nitrogen and oxygen atoms in total. The summed E-state index contributed by atoms with van der Waals surface area (Å²) >= 11 is 0. The number of hydrogen-bond acceptors (Lipinski definition) is 7. The highest BCUT2D eigenvalue weighted by Crippen LogP contribution is 2.30. The first-order valence-corrected chi connectivity index (χ1v) is 8.26. The maximum atomic E-state index is 10.6. The second-order valence-corrected chi connectivity index (χ2v) is 5.87. The van der Waals surface area contributed by atoms with Gasteiger partial charge in [-0.15, -0.1) is 0 Å². The SMILES string of the molecule is O=[N+]([O-])c1ccc(OC[C@@H](O)CNC[C@H]2COc3ccccc3O2)cc1. The summed E-state index contributed by atoms with van der Waals surface area (Å²) in [4.78, 5) is 10.1. The lowest BCUT2D eigenvalue weighted by molar-refractivity contribution is -0.384. The summed E-state index contributed by atoms with van der Waals surface area (Å²) in [5, 5.41) is 23.7. The summed E-state index contributed by atoms with van der Waals surface area (Å²) in [7, 11) is 0. The standard InChI is InChI=1S/C18H20N2O6/c21-14(11-24-15-7-5-13(6-8-15)20(22)23)9-19-10-16-12-25-17-3-1-2-4-18(17)26-16/h1-8,14,16,19,21H,9-12H2/t14-,16-/m0/s1. The predicted molar refractivity (Wildman–Crippen MR) is 93.8 cm³/mol. The zero-order valence-electron chi connectivity index (χ0n) is 14.0. The summed E-state index contributed by atoms with van der Waals surface area (Å²) in [5.41, 5.74) is -0.00385. The summed E-state index contributed by atoms with van der Waals surface area (Å²) < 4.78 is 16.9. The highest BCUT2D eigenvalue weighted by molar-refractivity contribution is 5.40. The number of aliphatic hydroxyl groups is 1. The van der Waals surface area contributed by atoms with Gasteiger partial charge in [-0.1, -0.05) is 12.1 Å². The number of nitro groups is 1. The van der Waals surface area contributed by atoms with E-state index in [0.717, 1.165) is 5.75 Å². The van der Waals surface area contributed by atoms with E-state index in [1.165, 1.54) is 24.3 Å². The van der Waals surface area contributed by atoms with Crippen LogP contribution in [0.5, 0.6) is 17.2 Å². The summed E-state index contributed by atoms with van der Waals surface area (Å²) in [6, 6.07) is 13.2. The topological polar surface area (TPSA) is 103 Å². The quantitative estimate of drug-likeness (QED) is 0.546. The lowest BCUT2D eigenvalue weighted by Gasteiger charge is -2.27. The van der Waals surface area contributed by atoms with E-state index in [4.69, 9.17) is 14.2 Å². The van der Waals surface area contributed by atoms with Crippen LogP contribution in [0.4, 0.5) is 5.69 Å². The van der Waals surface area contributed by atoms with Gasteiger partial charge in [-0.3, -0.25) is 10.1 Å². The second-order valence-electron chi connectivity index (χ2n) is 5.87. The molecule has 1 aliphatic heterocycles. The van der Waals surface area contributed by atoms with Crippen molar-refractivity contribution < 1.29 is 24.2 Å². The maximum Gasteiger partial charge on any atom is 0.269 e. The van der Waals surface area contributed by atoms with Gasteiger partial charge in [0.15, 0.2) is 11.5 Å². The van der Waals surface area contributed by atoms with Gasteiger partial charge in [-0.25, -0.2) is 0 Å². The van der Waals surface area contributed by atoms with Gasteiger partial charge in [-0.2, -0.15) is 0 Å². The Kier molecular flexibility index (Phi) is 5.88. The first-order valence-electron chi connectivity index (χ1n) is 8.26. The number of nitro benzene ring substituents is 1. The Morgan fingerprint density at radius 1 is 1.23 bits per heavy atom. The predicted octanol–water partition coefficient (Wildman–Crippen LogP) is 1.76. The Hall–Kier alpha value is -2.84. The Balaban J connectivity index is 1.35. The molecule has 1 aliphatic rings. The fourth-order valence-corrected chi connectivity index (χ4v) is 2.49. The molecule has 0 amide bonds. The van der Waals surface area contributed by atoms with Crippen LogP contribution in [0.25, 0.3) is 0 Å². The average molecular weight is 360 g/mol. The molecule has 1 heterocycles. The molecule has 0 saturated heterocycles. The van der Waals surface area contributed by atoms with E-state index in [-0.39, 0.29) is 18.4 Å². The van der Waals surface area contributed by atoms with Crippen LogP contribution in [0.1, 0.15) is 0 Å². The van der Waals surface area contributed by atoms with Crippen molar-refractivity contribution >= 4 is 5.69 Å². The normalized spacial score (nSPS) is 16.7. The van der Waals surface area contributed by atoms with E-state index in [1.807, 2.05) is 24.3 Å². The minimum Gasteiger partial charge on any atom is -0.491 e. The van der Waals surface area contributed by atoms with Crippen molar-refractivity contribution in [3.8, 4) is 17.2 Å². The number of rotatable bonds is 8. The molecule has 0 aromatic heterocycles. The lowest BCUT2D eigenvalue weighted by Crippen LogP contribution is -2.41. The first kappa shape index (κ1) is 18.0. The van der Waals surface area contributed by atoms with Gasteiger partial charge in [-0.05, 0) is 24.3 Å². The lowest BCUT2D eigenvalue weighted by atomic mass is 10.2. The van der Waals surface area contributed by atoms with Crippen LogP contribution in [0.2, 0.25) is 0 Å². The molecule has 3 rings (SSSR count). The molecule has 0 saturated carbocycles. The fourth-order valence-electron chi connectivity index (χ4n) is 2.49. The van der Waals surface area contributed by atoms with Crippen molar-refractivity contribution in [3.05, 3.63) is 58.6 Å². The van der Waals surface area contributed by atoms with Gasteiger partial charge >= 0.3 is 0 Å². The maximum absolute atomic E-state index is 10.6. The van der Waals surface area contributed by atoms with Gasteiger partial charge in [0.1, 0.15) is 31.2 Å². The molecule has 0 unspecified atom stereocenters. The Morgan fingerprint density at radius 3 is 2.69 bits per heavy atom. The number of nitrogens with one attached hydrogen (secondary N) is 1. The van der Waals surface area contributed by atoms with Crippen LogP contribution in [0.3, 0.4) is 0 Å². The Morgan fingerprint density at radius 2 is 1.96 bits per heavy atom. The molecule has 2 aromatic rings. The van der Waals surface area contributed by atoms with Crippen molar-refractivity contribution in [2.24, 2.45) is 0 Å². The summed E-state index contributed by atoms with van der Waals surface area (Å²) in [6.45, 7) is 1.38. The Labute approximate surface area is 150 Å². The molecule has 0 radical (unpaired) electrons. The van der Waals surface area contributed by atoms with Crippen LogP contribution >= 0.6 is 0 Å². The molecule has 2 N–H and O–H groups in total. The van der Waals surface area contributed by atoms with Crippen LogP contribution < -0.4 is 19.5 Å². The minimum atomic E-state index is -0.720. The minimum absolute atomic E-state index is 0.00385. The van der Waals surface area contributed by atoms with Gasteiger partial charge in [0, 0.05) is 25.2 Å². The molecular formula is C18H20N2O6. The van der Waals surface area contributed by atoms with Crippen molar-refractivity contribution in [3.63, 3.8) is 0 Å². The second kappa shape index (κ2) is 8.50. The third-order valence-corrected chi connectivity index (χ3v) is 3.81. The molecule has 138 valence electrons. The number of ether oxygens (including phenoxy) is 3. The fraction of sp³-hybridized carbons (Fsp3) is 0.333. The van der Waals surface area contributed by atoms with Gasteiger partial charge in [0.05, 0.1) is 4.92 Å². The number of hydrogen-bond donors (Lipinski definition) is 2. The molecule has 26 heavy (non-hydrogen) atoms. The van der Waals surface area contributed by atoms with E-state index in [0.29, 0.717) is 31.2 Å². The highest BCUT2D eigenvalue weighted by Gasteiger charge is 2.20. The van der Waals surface area contributed by atoms with E-state index in [1.54, 1.807) is 0 Å². The van der Waals surface area contributed by atoms with E-state index >= 15 is 0 Å². The highest BCUT2D eigenvalue weighted by atomic mass is 16.6. The molecule has 2 atom stereocenters. The molecule has 0 bridgehead atoms. The van der Waals surface area contributed by atoms with Gasteiger partial charge in [0.2, 0.25) is 0 Å². The summed E-state index contributed by atoms with van der Waals surface area (Å²) in [5.74, 6) is 1.92. The van der Waals surface area contributed by atoms with Gasteiger partial charge < -0.3 is 24.6 Å². The van der Waals surface area contributed by atoms with Crippen LogP contribution in [0.15, 0.2) is 48.5 Å². The van der Waals surface area contributed by atoms with E-state index in [9.17, 15) is 15.2 Å². The molecule has 0 aliphatic carbocycles. The third-order valence-electron chi connectivity index (χ3n) is 3.81. The average Bonchev–Trinajstić information content (AvgIpc) is 2.66. The number of benzene rings is 2. The smallest absolute Gasteiger partial charge is 0.269 e. The number of fused-ring (bicyclic) bond motifs is 1. The number of para-hydroxylation sites is 2. The van der Waals surface area contributed by atoms with E-state index in [2.05, 4.69) is 5.32 Å². The van der Waals surface area contributed by atoms with Crippen LogP contribution in [-0.2, 0) is 0 Å².